The van der Waals surface area contributed by atoms with E-state index in [4.69, 9.17) is 9.84 Å². The molecule has 0 unspecified atom stereocenters. The summed E-state index contributed by atoms with van der Waals surface area (Å²) in [7, 11) is 1.57. The van der Waals surface area contributed by atoms with Crippen LogP contribution in [0.5, 0.6) is 5.88 Å². The van der Waals surface area contributed by atoms with Crippen LogP contribution in [-0.2, 0) is 5.54 Å². The van der Waals surface area contributed by atoms with Crippen molar-refractivity contribution >= 4 is 27.6 Å². The fourth-order valence-electron chi connectivity index (χ4n) is 2.87. The smallest absolute Gasteiger partial charge is 0.232 e. The highest BCUT2D eigenvalue weighted by Gasteiger charge is 2.53. The lowest BCUT2D eigenvalue weighted by Gasteiger charge is -2.09. The fraction of sp³-hybridized carbons (Fsp3) is 0.500. The molecule has 0 bridgehead atoms. The van der Waals surface area contributed by atoms with Gasteiger partial charge < -0.3 is 10.1 Å². The van der Waals surface area contributed by atoms with E-state index in [1.165, 1.54) is 0 Å². The second-order valence-electron chi connectivity index (χ2n) is 6.57. The molecule has 1 N–H and O–H groups in total. The van der Waals surface area contributed by atoms with Gasteiger partial charge in [-0.3, -0.25) is 4.68 Å². The quantitative estimate of drug-likeness (QED) is 0.844. The Morgan fingerprint density at radius 3 is 2.92 bits per heavy atom. The van der Waals surface area contributed by atoms with E-state index in [1.807, 2.05) is 10.9 Å². The molecule has 24 heavy (non-hydrogen) atoms. The second-order valence-corrected chi connectivity index (χ2v) is 7.42. The van der Waals surface area contributed by atoms with Gasteiger partial charge in [-0.15, -0.1) is 0 Å². The molecule has 2 aromatic heterocycles. The van der Waals surface area contributed by atoms with Gasteiger partial charge in [-0.05, 0) is 42.1 Å². The maximum absolute atomic E-state index is 9.17. The third-order valence-corrected chi connectivity index (χ3v) is 5.29. The Kier molecular flexibility index (Phi) is 3.49. The summed E-state index contributed by atoms with van der Waals surface area (Å²) in [5.74, 6) is 1.45. The lowest BCUT2D eigenvalue weighted by Crippen LogP contribution is -2.16. The number of hydrogen-bond acceptors (Lipinski definition) is 6. The van der Waals surface area contributed by atoms with Gasteiger partial charge in [0.15, 0.2) is 0 Å². The van der Waals surface area contributed by atoms with Crippen LogP contribution < -0.4 is 10.1 Å². The largest absolute Gasteiger partial charge is 0.480 e. The van der Waals surface area contributed by atoms with Gasteiger partial charge in [0.1, 0.15) is 0 Å². The summed E-state index contributed by atoms with van der Waals surface area (Å²) < 4.78 is 7.86. The van der Waals surface area contributed by atoms with E-state index in [9.17, 15) is 5.26 Å². The van der Waals surface area contributed by atoms with E-state index >= 15 is 0 Å². The summed E-state index contributed by atoms with van der Waals surface area (Å²) in [4.78, 5) is 8.63. The topological polar surface area (TPSA) is 88.6 Å². The lowest BCUT2D eigenvalue weighted by molar-refractivity contribution is 0.394. The molecule has 2 aromatic rings. The van der Waals surface area contributed by atoms with Crippen molar-refractivity contribution in [3.05, 3.63) is 22.6 Å². The second kappa shape index (κ2) is 5.45. The number of nitriles is 1. The minimum absolute atomic E-state index is 0.0290. The Morgan fingerprint density at radius 2 is 2.29 bits per heavy atom. The van der Waals surface area contributed by atoms with Crippen molar-refractivity contribution in [1.82, 2.24) is 19.7 Å². The molecule has 2 saturated carbocycles. The number of anilines is 2. The molecule has 4 rings (SSSR count). The van der Waals surface area contributed by atoms with Crippen LogP contribution in [0.3, 0.4) is 0 Å². The summed E-state index contributed by atoms with van der Waals surface area (Å²) in [6.45, 7) is 2.08. The zero-order chi connectivity index (χ0) is 16.9. The summed E-state index contributed by atoms with van der Waals surface area (Å²) in [5, 5.41) is 17.2. The van der Waals surface area contributed by atoms with E-state index in [0.717, 1.165) is 30.6 Å². The molecular formula is C16H17BrN6O. The number of hydrogen-bond donors (Lipinski definition) is 1. The summed E-state index contributed by atoms with van der Waals surface area (Å²) in [6, 6.07) is 2.34. The van der Waals surface area contributed by atoms with Crippen LogP contribution in [0.1, 0.15) is 37.8 Å². The van der Waals surface area contributed by atoms with E-state index < -0.39 is 0 Å². The van der Waals surface area contributed by atoms with Crippen LogP contribution in [0.2, 0.25) is 0 Å². The van der Waals surface area contributed by atoms with E-state index in [1.54, 1.807) is 13.3 Å². The first-order valence-electron chi connectivity index (χ1n) is 7.88. The number of ether oxygens (including phenoxy) is 1. The van der Waals surface area contributed by atoms with E-state index in [2.05, 4.69) is 44.2 Å². The Balaban J connectivity index is 1.65. The predicted octanol–water partition coefficient (Wildman–Crippen LogP) is 3.32. The highest BCUT2D eigenvalue weighted by molar-refractivity contribution is 9.10. The van der Waals surface area contributed by atoms with Crippen LogP contribution in [0.15, 0.2) is 16.9 Å². The van der Waals surface area contributed by atoms with Crippen LogP contribution in [0.4, 0.5) is 11.6 Å². The number of nitrogens with one attached hydrogen (secondary N) is 1. The molecule has 0 saturated heterocycles. The molecule has 7 nitrogen and oxygen atoms in total. The number of methoxy groups -OCH3 is 1. The maximum Gasteiger partial charge on any atom is 0.232 e. The molecule has 2 atom stereocenters. The maximum atomic E-state index is 9.17. The molecule has 8 heteroatoms. The normalized spacial score (nSPS) is 25.2. The zero-order valence-electron chi connectivity index (χ0n) is 13.5. The fourth-order valence-corrected chi connectivity index (χ4v) is 3.22. The van der Waals surface area contributed by atoms with Gasteiger partial charge in [0.05, 0.1) is 46.7 Å². The van der Waals surface area contributed by atoms with Crippen LogP contribution in [-0.4, -0.2) is 26.9 Å². The summed E-state index contributed by atoms with van der Waals surface area (Å²) in [6.07, 6.45) is 6.77. The molecule has 0 amide bonds. The average Bonchev–Trinajstić information content (AvgIpc) is 3.49. The first-order valence-corrected chi connectivity index (χ1v) is 8.67. The highest BCUT2D eigenvalue weighted by Crippen LogP contribution is 2.51. The standard InChI is InChI=1S/C16H17BrN6O/c1-16(5-10(16)6-18)23-8-12(13(22-23)9-3-4-9)20-15-19-7-11(17)14(21-15)24-2/h7-10H,3-5H2,1-2H3,(H,19,20,21)/t10-,16-/m0/s1. The van der Waals surface area contributed by atoms with Crippen molar-refractivity contribution in [2.24, 2.45) is 5.92 Å². The molecular weight excluding hydrogens is 372 g/mol. The molecule has 0 aromatic carbocycles. The van der Waals surface area contributed by atoms with Crippen LogP contribution >= 0.6 is 15.9 Å². The summed E-state index contributed by atoms with van der Waals surface area (Å²) >= 11 is 3.35. The van der Waals surface area contributed by atoms with Crippen molar-refractivity contribution in [3.63, 3.8) is 0 Å². The Bertz CT molecular complexity index is 840. The van der Waals surface area contributed by atoms with Crippen LogP contribution in [0.25, 0.3) is 0 Å². The first kappa shape index (κ1) is 15.4. The Morgan fingerprint density at radius 1 is 1.50 bits per heavy atom. The third kappa shape index (κ3) is 2.53. The van der Waals surface area contributed by atoms with Gasteiger partial charge in [0, 0.05) is 12.1 Å². The Hall–Kier alpha value is -2.14. The number of aromatic nitrogens is 4. The van der Waals surface area contributed by atoms with Gasteiger partial charge in [0.25, 0.3) is 0 Å². The van der Waals surface area contributed by atoms with Crippen molar-refractivity contribution in [1.29, 1.82) is 5.26 Å². The van der Waals surface area contributed by atoms with Crippen molar-refractivity contribution in [3.8, 4) is 11.9 Å². The molecule has 0 aliphatic heterocycles. The predicted molar refractivity (Wildman–Crippen MR) is 91.1 cm³/mol. The number of rotatable bonds is 5. The number of halogens is 1. The van der Waals surface area contributed by atoms with Crippen molar-refractivity contribution in [2.75, 3.05) is 12.4 Å². The van der Waals surface area contributed by atoms with Gasteiger partial charge in [-0.2, -0.15) is 15.3 Å². The molecule has 2 aliphatic rings. The monoisotopic (exact) mass is 388 g/mol. The molecule has 2 aliphatic carbocycles. The molecule has 2 fully saturated rings. The number of nitrogens with zero attached hydrogens (tertiary/aromatic N) is 5. The van der Waals surface area contributed by atoms with Gasteiger partial charge in [-0.25, -0.2) is 4.98 Å². The van der Waals surface area contributed by atoms with Crippen molar-refractivity contribution in [2.45, 2.75) is 37.6 Å². The molecule has 124 valence electrons. The minimum atomic E-state index is -0.198. The van der Waals surface area contributed by atoms with Gasteiger partial charge >= 0.3 is 0 Å². The first-order chi connectivity index (χ1) is 11.5. The lowest BCUT2D eigenvalue weighted by atomic mass is 10.2. The minimum Gasteiger partial charge on any atom is -0.480 e. The Labute approximate surface area is 148 Å². The SMILES string of the molecule is COc1nc(Nc2cn([C@@]3(C)C[C@H]3C#N)nc2C2CC2)ncc1Br. The zero-order valence-corrected chi connectivity index (χ0v) is 15.0. The van der Waals surface area contributed by atoms with Gasteiger partial charge in [0.2, 0.25) is 11.8 Å². The summed E-state index contributed by atoms with van der Waals surface area (Å²) in [5.41, 5.74) is 1.74. The van der Waals surface area contributed by atoms with E-state index in [-0.39, 0.29) is 11.5 Å². The van der Waals surface area contributed by atoms with Crippen LogP contribution in [0, 0.1) is 17.2 Å². The molecule has 0 radical (unpaired) electrons. The van der Waals surface area contributed by atoms with E-state index in [0.29, 0.717) is 22.2 Å². The van der Waals surface area contributed by atoms with Gasteiger partial charge in [-0.1, -0.05) is 0 Å². The molecule has 0 spiro atoms. The highest BCUT2D eigenvalue weighted by atomic mass is 79.9. The average molecular weight is 389 g/mol. The third-order valence-electron chi connectivity index (χ3n) is 4.75. The molecule has 2 heterocycles. The van der Waals surface area contributed by atoms with Crippen molar-refractivity contribution < 1.29 is 4.74 Å².